The molecule has 0 radical (unpaired) electrons. The van der Waals surface area contributed by atoms with Gasteiger partial charge in [-0.1, -0.05) is 303 Å². The molecule has 6 rings (SSSR count). The topological polar surface area (TPSA) is 58.9 Å². The summed E-state index contributed by atoms with van der Waals surface area (Å²) in [5.41, 5.74) is 9.04. The van der Waals surface area contributed by atoms with Gasteiger partial charge in [-0.3, -0.25) is 0 Å². The minimum absolute atomic E-state index is 0.560. The van der Waals surface area contributed by atoms with Crippen molar-refractivity contribution in [1.82, 2.24) is 0 Å². The molecular formula is C72H102I2MoN2O2P2. The molecule has 4 nitrogen and oxygen atoms in total. The Balaban J connectivity index is 0.000000311. The van der Waals surface area contributed by atoms with Gasteiger partial charge in [-0.2, -0.15) is 0 Å². The summed E-state index contributed by atoms with van der Waals surface area (Å²) in [6, 6.07) is 57.4. The summed E-state index contributed by atoms with van der Waals surface area (Å²) in [6.45, 7) is 13.8. The number of benzene rings is 6. The number of hydrogen-bond donors (Lipinski definition) is 0. The molecule has 0 heterocycles. The number of halogens is 2. The zero-order chi connectivity index (χ0) is 58.2. The first kappa shape index (κ1) is 71.0. The fourth-order valence-electron chi connectivity index (χ4n) is 10.5. The predicted octanol–water partition coefficient (Wildman–Crippen LogP) is 21.8. The monoisotopic (exact) mass is 1440 g/mol. The number of aryl methyl sites for hydroxylation is 6. The number of hydrogen-bond acceptors (Lipinski definition) is 4. The average Bonchev–Trinajstić information content (AvgIpc) is 3.50. The fraction of sp³-hybridized carbons (Fsp3) is 0.500. The number of rotatable bonds is 38. The van der Waals surface area contributed by atoms with Crippen LogP contribution in [0.15, 0.2) is 153 Å². The van der Waals surface area contributed by atoms with Crippen LogP contribution in [0.1, 0.15) is 229 Å². The van der Waals surface area contributed by atoms with Crippen molar-refractivity contribution in [3.8, 4) is 0 Å². The molecule has 0 spiro atoms. The molecule has 0 atom stereocenters. The van der Waals surface area contributed by atoms with E-state index in [9.17, 15) is 9.81 Å². The van der Waals surface area contributed by atoms with Crippen LogP contribution in [0.3, 0.4) is 0 Å². The second-order valence-corrected chi connectivity index (χ2v) is 53.8. The van der Waals surface area contributed by atoms with Crippen LogP contribution in [0, 0.1) is 9.81 Å². The molecule has 0 amide bonds. The van der Waals surface area contributed by atoms with Crippen molar-refractivity contribution >= 4 is 86.4 Å². The summed E-state index contributed by atoms with van der Waals surface area (Å²) >= 11 is 3.44. The Kier molecular flexibility index (Phi) is 38.6. The summed E-state index contributed by atoms with van der Waals surface area (Å²) in [6.07, 6.45) is 39.0. The van der Waals surface area contributed by atoms with E-state index >= 15 is 0 Å². The van der Waals surface area contributed by atoms with E-state index in [-0.39, 0.29) is 0 Å². The number of nitrogens with zero attached hydrogens (tertiary/aromatic N) is 2. The molecule has 0 bridgehead atoms. The molecular weight excluding hydrogens is 1340 g/mol. The van der Waals surface area contributed by atoms with Crippen molar-refractivity contribution in [3.05, 3.63) is 189 Å². The molecule has 0 aliphatic carbocycles. The van der Waals surface area contributed by atoms with Gasteiger partial charge < -0.3 is 0 Å². The second kappa shape index (κ2) is 44.0. The van der Waals surface area contributed by atoms with E-state index in [1.165, 1.54) is 258 Å². The van der Waals surface area contributed by atoms with Crippen LogP contribution in [0.25, 0.3) is 0 Å². The molecule has 442 valence electrons. The first-order valence-corrected chi connectivity index (χ1v) is 48.1. The SMILES string of the molecule is CCCCCCc1cccc(P(c2cccc(CCCCCC)c2)c2cccc(CCCCCC)c2)c1.CCCCCCc1cccc(P(c2cccc(CCCCCC)c2)c2cccc(CCCCCC)c2)c1.O=[N][Mo]([I])([I])[N]=O. The van der Waals surface area contributed by atoms with Gasteiger partial charge in [0.15, 0.2) is 0 Å². The molecule has 9 heteroatoms. The number of nitroso groups, excluding NO2 is 2. The van der Waals surface area contributed by atoms with Crippen molar-refractivity contribution in [2.75, 3.05) is 0 Å². The third-order valence-corrected chi connectivity index (χ3v) is 24.6. The summed E-state index contributed by atoms with van der Waals surface area (Å²) < 4.78 is 5.15. The Hall–Kier alpha value is -2.47. The van der Waals surface area contributed by atoms with Crippen molar-refractivity contribution in [2.24, 2.45) is 7.47 Å². The van der Waals surface area contributed by atoms with E-state index in [1.54, 1.807) is 38.7 Å². The van der Waals surface area contributed by atoms with E-state index < -0.39 is 25.0 Å². The maximum atomic E-state index is 9.58. The quantitative estimate of drug-likeness (QED) is 0.0128. The van der Waals surface area contributed by atoms with Gasteiger partial charge in [-0.25, -0.2) is 0 Å². The molecule has 0 aromatic heterocycles. The van der Waals surface area contributed by atoms with Gasteiger partial charge in [0.25, 0.3) is 0 Å². The first-order valence-electron chi connectivity index (χ1n) is 31.7. The molecule has 0 saturated carbocycles. The molecule has 0 saturated heterocycles. The molecule has 0 fully saturated rings. The molecule has 81 heavy (non-hydrogen) atoms. The summed E-state index contributed by atoms with van der Waals surface area (Å²) in [7, 11) is -4.15. The predicted molar refractivity (Wildman–Crippen MR) is 377 cm³/mol. The van der Waals surface area contributed by atoms with Gasteiger partial charge >= 0.3 is 65.2 Å². The van der Waals surface area contributed by atoms with Crippen LogP contribution in [-0.4, -0.2) is 0 Å². The third-order valence-electron chi connectivity index (χ3n) is 15.1. The molecule has 0 aliphatic heterocycles. The van der Waals surface area contributed by atoms with Gasteiger partial charge in [-0.15, -0.1) is 0 Å². The summed E-state index contributed by atoms with van der Waals surface area (Å²) in [5, 5.41) is 9.05. The van der Waals surface area contributed by atoms with Crippen molar-refractivity contribution in [1.29, 1.82) is 0 Å². The Morgan fingerprint density at radius 2 is 0.457 bits per heavy atom. The van der Waals surface area contributed by atoms with E-state index in [0.29, 0.717) is 0 Å². The van der Waals surface area contributed by atoms with Crippen LogP contribution >= 0.6 is 54.5 Å². The van der Waals surface area contributed by atoms with Gasteiger partial charge in [0.1, 0.15) is 0 Å². The Morgan fingerprint density at radius 1 is 0.284 bits per heavy atom. The zero-order valence-corrected chi connectivity index (χ0v) is 58.9. The standard InChI is InChI=1S/2C36H51P.2HI.Mo.2NO/c2*1-4-7-10-13-19-31-22-16-25-34(28-31)37(35-26-17-23-32(29-35)20-14-11-8-5-2)36-27-18-24-33(30-36)21-15-12-9-6-3;;;;2*1-2/h2*16-18,22-30H,4-15,19-21H2,1-3H3;2*1H;;;/q;;;;+4;2*-1/p-2. The van der Waals surface area contributed by atoms with Gasteiger partial charge in [0, 0.05) is 0 Å². The second-order valence-electron chi connectivity index (χ2n) is 22.1. The van der Waals surface area contributed by atoms with Crippen LogP contribution in [0.4, 0.5) is 0 Å². The van der Waals surface area contributed by atoms with Crippen LogP contribution in [0.2, 0.25) is 0 Å². The van der Waals surface area contributed by atoms with E-state index in [1.807, 2.05) is 0 Å². The van der Waals surface area contributed by atoms with Crippen molar-refractivity contribution in [2.45, 2.75) is 234 Å². The maximum absolute atomic E-state index is 9.58. The number of unbranched alkanes of at least 4 members (excludes halogenated alkanes) is 18. The van der Waals surface area contributed by atoms with E-state index in [4.69, 9.17) is 0 Å². The average molecular weight is 1440 g/mol. The molecule has 0 N–H and O–H groups in total. The first-order chi connectivity index (χ1) is 39.6. The van der Waals surface area contributed by atoms with Gasteiger partial charge in [0.2, 0.25) is 0 Å². The van der Waals surface area contributed by atoms with Crippen LogP contribution < -0.4 is 31.8 Å². The van der Waals surface area contributed by atoms with Crippen molar-refractivity contribution < 1.29 is 9.20 Å². The third kappa shape index (κ3) is 29.0. The molecule has 6 aromatic carbocycles. The minimum atomic E-state index is -3.03. The van der Waals surface area contributed by atoms with E-state index in [2.05, 4.69) is 195 Å². The van der Waals surface area contributed by atoms with Gasteiger partial charge in [-0.05, 0) is 158 Å². The van der Waals surface area contributed by atoms with Crippen molar-refractivity contribution in [3.63, 3.8) is 0 Å². The van der Waals surface area contributed by atoms with E-state index in [0.717, 1.165) is 0 Å². The van der Waals surface area contributed by atoms with Crippen LogP contribution in [0.5, 0.6) is 0 Å². The zero-order valence-electron chi connectivity index (χ0n) is 50.8. The van der Waals surface area contributed by atoms with Crippen LogP contribution in [-0.2, 0) is 47.7 Å². The molecule has 6 aromatic rings. The summed E-state index contributed by atoms with van der Waals surface area (Å²) in [5.74, 6) is 0. The van der Waals surface area contributed by atoms with Gasteiger partial charge in [0.05, 0.1) is 0 Å². The summed E-state index contributed by atoms with van der Waals surface area (Å²) in [4.78, 5) is 19.2. The Morgan fingerprint density at radius 3 is 0.593 bits per heavy atom. The molecule has 0 unspecified atom stereocenters. The Labute approximate surface area is 521 Å². The Bertz CT molecular complexity index is 2190. The molecule has 0 aliphatic rings. The fourth-order valence-corrected chi connectivity index (χ4v) is 15.6. The normalized spacial score (nSPS) is 11.5.